The first-order chi connectivity index (χ1) is 10.8. The average Bonchev–Trinajstić information content (AvgIpc) is 2.81. The fourth-order valence-electron chi connectivity index (χ4n) is 2.54. The van der Waals surface area contributed by atoms with Crippen LogP contribution in [0.15, 0.2) is 24.5 Å². The Morgan fingerprint density at radius 2 is 1.77 bits per heavy atom. The number of nitriles is 1. The number of rotatable bonds is 2. The van der Waals surface area contributed by atoms with Crippen molar-refractivity contribution in [2.24, 2.45) is 0 Å². The molecule has 3 rings (SSSR count). The molecule has 0 unspecified atom stereocenters. The molecule has 3 heterocycles. The zero-order valence-electron chi connectivity index (χ0n) is 12.5. The summed E-state index contributed by atoms with van der Waals surface area (Å²) >= 11 is 0. The number of hydrogen-bond donors (Lipinski definition) is 0. The van der Waals surface area contributed by atoms with E-state index in [1.165, 1.54) is 0 Å². The van der Waals surface area contributed by atoms with Crippen molar-refractivity contribution in [1.82, 2.24) is 20.2 Å². The van der Waals surface area contributed by atoms with Gasteiger partial charge in [0.1, 0.15) is 18.2 Å². The quantitative estimate of drug-likeness (QED) is 0.822. The highest BCUT2D eigenvalue weighted by atomic mass is 15.3. The van der Waals surface area contributed by atoms with Gasteiger partial charge in [-0.1, -0.05) is 0 Å². The van der Waals surface area contributed by atoms with Gasteiger partial charge in [-0.3, -0.25) is 0 Å². The van der Waals surface area contributed by atoms with Crippen LogP contribution in [0.1, 0.15) is 17.8 Å². The summed E-state index contributed by atoms with van der Waals surface area (Å²) in [5.74, 6) is 1.79. The molecule has 7 heteroatoms. The Bertz CT molecular complexity index is 677. The van der Waals surface area contributed by atoms with Crippen LogP contribution in [-0.2, 0) is 0 Å². The summed E-state index contributed by atoms with van der Waals surface area (Å²) < 4.78 is 0. The molecule has 1 fully saturated rings. The van der Waals surface area contributed by atoms with Crippen LogP contribution in [0.2, 0.25) is 0 Å². The van der Waals surface area contributed by atoms with Crippen molar-refractivity contribution in [3.05, 3.63) is 35.9 Å². The second kappa shape index (κ2) is 6.35. The van der Waals surface area contributed by atoms with E-state index in [1.807, 2.05) is 25.1 Å². The van der Waals surface area contributed by atoms with Crippen LogP contribution in [0.5, 0.6) is 0 Å². The first kappa shape index (κ1) is 14.2. The topological polar surface area (TPSA) is 81.8 Å². The van der Waals surface area contributed by atoms with Crippen molar-refractivity contribution in [2.45, 2.75) is 13.3 Å². The summed E-state index contributed by atoms with van der Waals surface area (Å²) in [6.07, 6.45) is 2.63. The van der Waals surface area contributed by atoms with Gasteiger partial charge in [0.05, 0.1) is 0 Å². The van der Waals surface area contributed by atoms with Crippen LogP contribution < -0.4 is 9.80 Å². The SMILES string of the molecule is Cc1cc(N2CCCN(c3ccc(C#N)nn3)CC2)ncn1. The van der Waals surface area contributed by atoms with Crippen molar-refractivity contribution < 1.29 is 0 Å². The molecule has 112 valence electrons. The van der Waals surface area contributed by atoms with E-state index in [0.29, 0.717) is 5.69 Å². The molecule has 7 nitrogen and oxygen atoms in total. The minimum Gasteiger partial charge on any atom is -0.355 e. The zero-order chi connectivity index (χ0) is 15.4. The number of aromatic nitrogens is 4. The van der Waals surface area contributed by atoms with Gasteiger partial charge in [0, 0.05) is 37.9 Å². The van der Waals surface area contributed by atoms with Crippen molar-refractivity contribution in [2.75, 3.05) is 36.0 Å². The van der Waals surface area contributed by atoms with E-state index in [9.17, 15) is 0 Å². The largest absolute Gasteiger partial charge is 0.355 e. The Morgan fingerprint density at radius 1 is 1.00 bits per heavy atom. The van der Waals surface area contributed by atoms with Crippen LogP contribution in [-0.4, -0.2) is 46.3 Å². The van der Waals surface area contributed by atoms with Gasteiger partial charge in [0.25, 0.3) is 0 Å². The predicted molar refractivity (Wildman–Crippen MR) is 82.6 cm³/mol. The molecule has 0 aliphatic carbocycles. The van der Waals surface area contributed by atoms with Crippen molar-refractivity contribution in [3.63, 3.8) is 0 Å². The molecule has 0 aromatic carbocycles. The first-order valence-corrected chi connectivity index (χ1v) is 7.28. The van der Waals surface area contributed by atoms with Gasteiger partial charge >= 0.3 is 0 Å². The molecule has 1 aliphatic rings. The highest BCUT2D eigenvalue weighted by Gasteiger charge is 2.17. The lowest BCUT2D eigenvalue weighted by molar-refractivity contribution is 0.784. The van der Waals surface area contributed by atoms with Crippen molar-refractivity contribution in [1.29, 1.82) is 5.26 Å². The molecule has 1 aliphatic heterocycles. The van der Waals surface area contributed by atoms with E-state index >= 15 is 0 Å². The molecule has 0 atom stereocenters. The Balaban J connectivity index is 1.70. The summed E-state index contributed by atoms with van der Waals surface area (Å²) in [4.78, 5) is 13.0. The Kier molecular flexibility index (Phi) is 4.10. The molecule has 1 saturated heterocycles. The van der Waals surface area contributed by atoms with Crippen LogP contribution in [0.25, 0.3) is 0 Å². The fraction of sp³-hybridized carbons (Fsp3) is 0.400. The highest BCUT2D eigenvalue weighted by Crippen LogP contribution is 2.17. The van der Waals surface area contributed by atoms with E-state index in [4.69, 9.17) is 5.26 Å². The minimum atomic E-state index is 0.344. The molecule has 2 aromatic heterocycles. The standard InChI is InChI=1S/C15H17N7/c1-12-9-15(18-11-17-12)22-6-2-5-21(7-8-22)14-4-3-13(10-16)19-20-14/h3-4,9,11H,2,5-8H2,1H3. The molecule has 0 saturated carbocycles. The second-order valence-electron chi connectivity index (χ2n) is 5.23. The lowest BCUT2D eigenvalue weighted by atomic mass is 10.3. The summed E-state index contributed by atoms with van der Waals surface area (Å²) in [6, 6.07) is 7.56. The van der Waals surface area contributed by atoms with E-state index in [-0.39, 0.29) is 0 Å². The molecule has 0 amide bonds. The summed E-state index contributed by atoms with van der Waals surface area (Å²) in [5, 5.41) is 16.8. The first-order valence-electron chi connectivity index (χ1n) is 7.28. The Labute approximate surface area is 129 Å². The van der Waals surface area contributed by atoms with Crippen LogP contribution in [0, 0.1) is 18.3 Å². The summed E-state index contributed by atoms with van der Waals surface area (Å²) in [5.41, 5.74) is 1.32. The van der Waals surface area contributed by atoms with Gasteiger partial charge in [0.2, 0.25) is 0 Å². The van der Waals surface area contributed by atoms with Gasteiger partial charge in [-0.25, -0.2) is 9.97 Å². The van der Waals surface area contributed by atoms with E-state index < -0.39 is 0 Å². The normalized spacial score (nSPS) is 15.3. The molecule has 0 spiro atoms. The lowest BCUT2D eigenvalue weighted by Crippen LogP contribution is -2.31. The Morgan fingerprint density at radius 3 is 2.41 bits per heavy atom. The van der Waals surface area contributed by atoms with Crippen LogP contribution >= 0.6 is 0 Å². The maximum atomic E-state index is 8.78. The molecule has 2 aromatic rings. The number of aryl methyl sites for hydroxylation is 1. The lowest BCUT2D eigenvalue weighted by Gasteiger charge is -2.23. The maximum absolute atomic E-state index is 8.78. The van der Waals surface area contributed by atoms with E-state index in [0.717, 1.165) is 49.9 Å². The van der Waals surface area contributed by atoms with Gasteiger partial charge in [-0.05, 0) is 25.5 Å². The van der Waals surface area contributed by atoms with E-state index in [2.05, 4.69) is 30.0 Å². The van der Waals surface area contributed by atoms with Gasteiger partial charge in [-0.2, -0.15) is 5.26 Å². The van der Waals surface area contributed by atoms with Crippen LogP contribution in [0.4, 0.5) is 11.6 Å². The zero-order valence-corrected chi connectivity index (χ0v) is 12.5. The average molecular weight is 295 g/mol. The van der Waals surface area contributed by atoms with Gasteiger partial charge in [0.15, 0.2) is 11.5 Å². The monoisotopic (exact) mass is 295 g/mol. The third-order valence-electron chi connectivity index (χ3n) is 3.70. The third-order valence-corrected chi connectivity index (χ3v) is 3.70. The molecule has 0 bridgehead atoms. The summed E-state index contributed by atoms with van der Waals surface area (Å²) in [6.45, 7) is 5.57. The van der Waals surface area contributed by atoms with E-state index in [1.54, 1.807) is 12.4 Å². The van der Waals surface area contributed by atoms with Crippen molar-refractivity contribution >= 4 is 11.6 Å². The number of nitrogens with zero attached hydrogens (tertiary/aromatic N) is 7. The van der Waals surface area contributed by atoms with Crippen LogP contribution in [0.3, 0.4) is 0 Å². The molecule has 0 N–H and O–H groups in total. The fourth-order valence-corrected chi connectivity index (χ4v) is 2.54. The van der Waals surface area contributed by atoms with Gasteiger partial charge < -0.3 is 9.80 Å². The molecular formula is C15H17N7. The predicted octanol–water partition coefficient (Wildman–Crippen LogP) is 1.16. The van der Waals surface area contributed by atoms with Crippen molar-refractivity contribution in [3.8, 4) is 6.07 Å². The summed E-state index contributed by atoms with van der Waals surface area (Å²) in [7, 11) is 0. The maximum Gasteiger partial charge on any atom is 0.163 e. The number of hydrogen-bond acceptors (Lipinski definition) is 7. The molecular weight excluding hydrogens is 278 g/mol. The smallest absolute Gasteiger partial charge is 0.163 e. The number of anilines is 2. The second-order valence-corrected chi connectivity index (χ2v) is 5.23. The molecule has 22 heavy (non-hydrogen) atoms. The van der Waals surface area contributed by atoms with Gasteiger partial charge in [-0.15, -0.1) is 10.2 Å². The Hall–Kier alpha value is -2.75. The minimum absolute atomic E-state index is 0.344. The highest BCUT2D eigenvalue weighted by molar-refractivity contribution is 5.43. The molecule has 0 radical (unpaired) electrons. The third kappa shape index (κ3) is 3.11.